The van der Waals surface area contributed by atoms with Crippen LogP contribution in [0.15, 0.2) is 35.9 Å². The number of hydrogen-bond donors (Lipinski definition) is 0. The molecule has 4 nitrogen and oxygen atoms in total. The number of esters is 1. The van der Waals surface area contributed by atoms with E-state index in [4.69, 9.17) is 4.74 Å². The third kappa shape index (κ3) is 3.35. The smallest absolute Gasteiger partial charge is 0.338 e. The van der Waals surface area contributed by atoms with Crippen LogP contribution in [0.5, 0.6) is 0 Å². The number of ether oxygens (including phenoxy) is 1. The lowest BCUT2D eigenvalue weighted by molar-refractivity contribution is -0.0103. The number of rotatable bonds is 5. The molecule has 0 N–H and O–H groups in total. The quantitative estimate of drug-likeness (QED) is 0.602. The van der Waals surface area contributed by atoms with Crippen LogP contribution in [0.3, 0.4) is 0 Å². The van der Waals surface area contributed by atoms with Gasteiger partial charge in [0, 0.05) is 26.1 Å². The third-order valence-electron chi connectivity index (χ3n) is 5.98. The van der Waals surface area contributed by atoms with Crippen molar-refractivity contribution in [2.45, 2.75) is 33.1 Å². The summed E-state index contributed by atoms with van der Waals surface area (Å²) in [4.78, 5) is 25.6. The van der Waals surface area contributed by atoms with Gasteiger partial charge < -0.3 is 9.64 Å². The zero-order valence-electron chi connectivity index (χ0n) is 15.5. The molecule has 1 saturated carbocycles. The third-order valence-corrected chi connectivity index (χ3v) is 5.98. The Kier molecular flexibility index (Phi) is 4.72. The number of fused-ring (bicyclic) bond motifs is 1. The van der Waals surface area contributed by atoms with Gasteiger partial charge in [-0.15, -0.1) is 0 Å². The van der Waals surface area contributed by atoms with Gasteiger partial charge in [0.25, 0.3) is 5.91 Å². The van der Waals surface area contributed by atoms with Crippen molar-refractivity contribution in [1.82, 2.24) is 4.90 Å². The van der Waals surface area contributed by atoms with E-state index in [1.807, 2.05) is 0 Å². The first-order valence-electron chi connectivity index (χ1n) is 8.98. The fourth-order valence-electron chi connectivity index (χ4n) is 4.11. The van der Waals surface area contributed by atoms with Gasteiger partial charge in [0.15, 0.2) is 0 Å². The fraction of sp³-hybridized carbons (Fsp3) is 0.524. The molecule has 25 heavy (non-hydrogen) atoms. The summed E-state index contributed by atoms with van der Waals surface area (Å²) in [5, 5.41) is 0. The predicted octanol–water partition coefficient (Wildman–Crippen LogP) is 3.93. The summed E-state index contributed by atoms with van der Waals surface area (Å²) in [7, 11) is 3.41. The van der Waals surface area contributed by atoms with Crippen molar-refractivity contribution < 1.29 is 14.3 Å². The van der Waals surface area contributed by atoms with Crippen LogP contribution in [0.25, 0.3) is 0 Å². The second kappa shape index (κ2) is 6.66. The van der Waals surface area contributed by atoms with Crippen LogP contribution in [0.2, 0.25) is 0 Å². The summed E-state index contributed by atoms with van der Waals surface area (Å²) in [6.07, 6.45) is 5.62. The Morgan fingerprint density at radius 1 is 1.16 bits per heavy atom. The van der Waals surface area contributed by atoms with E-state index in [0.29, 0.717) is 29.1 Å². The standard InChI is InChI=1S/C21H27NO3/c1-21(2)17-10-9-14(18(21)13-17)11-12-25-20(24)16-7-5-15(6-8-16)19(23)22(3)4/h5-9,17-18H,10-13H2,1-4H3/t17-,18-/m0/s1. The SMILES string of the molecule is CN(C)C(=O)c1ccc(C(=O)OCCC2=CC[C@H]3C[C@@H]2C3(C)C)cc1. The number of nitrogens with zero attached hydrogens (tertiary/aromatic N) is 1. The van der Waals surface area contributed by atoms with E-state index in [1.54, 1.807) is 38.4 Å². The molecule has 0 radical (unpaired) electrons. The second-order valence-electron chi connectivity index (χ2n) is 7.98. The van der Waals surface area contributed by atoms with Crippen molar-refractivity contribution in [3.05, 3.63) is 47.0 Å². The molecule has 2 atom stereocenters. The summed E-state index contributed by atoms with van der Waals surface area (Å²) in [6.45, 7) is 5.11. The van der Waals surface area contributed by atoms with Crippen LogP contribution < -0.4 is 0 Å². The second-order valence-corrected chi connectivity index (χ2v) is 7.98. The van der Waals surface area contributed by atoms with E-state index in [2.05, 4.69) is 19.9 Å². The summed E-state index contributed by atoms with van der Waals surface area (Å²) >= 11 is 0. The topological polar surface area (TPSA) is 46.6 Å². The summed E-state index contributed by atoms with van der Waals surface area (Å²) in [5.74, 6) is 1.07. The molecule has 1 amide bonds. The molecule has 4 rings (SSSR count). The van der Waals surface area contributed by atoms with Crippen LogP contribution in [-0.2, 0) is 4.74 Å². The molecule has 3 aliphatic rings. The molecule has 3 aliphatic carbocycles. The molecule has 1 aromatic carbocycles. The predicted molar refractivity (Wildman–Crippen MR) is 97.4 cm³/mol. The molecule has 2 bridgehead atoms. The number of hydrogen-bond acceptors (Lipinski definition) is 3. The van der Waals surface area contributed by atoms with Crippen LogP contribution >= 0.6 is 0 Å². The highest BCUT2D eigenvalue weighted by Crippen LogP contribution is 2.59. The van der Waals surface area contributed by atoms with Crippen molar-refractivity contribution in [2.75, 3.05) is 20.7 Å². The maximum atomic E-state index is 12.2. The van der Waals surface area contributed by atoms with Gasteiger partial charge in [0.2, 0.25) is 0 Å². The normalized spacial score (nSPS) is 23.3. The van der Waals surface area contributed by atoms with E-state index < -0.39 is 0 Å². The zero-order valence-corrected chi connectivity index (χ0v) is 15.5. The number of allylic oxidation sites excluding steroid dienone is 1. The Balaban J connectivity index is 1.52. The highest BCUT2D eigenvalue weighted by atomic mass is 16.5. The summed E-state index contributed by atoms with van der Waals surface area (Å²) in [6, 6.07) is 6.64. The minimum absolute atomic E-state index is 0.0782. The van der Waals surface area contributed by atoms with Gasteiger partial charge >= 0.3 is 5.97 Å². The van der Waals surface area contributed by atoms with Gasteiger partial charge in [-0.05, 0) is 54.4 Å². The average molecular weight is 341 g/mol. The van der Waals surface area contributed by atoms with Crippen LogP contribution in [0.1, 0.15) is 53.8 Å². The lowest BCUT2D eigenvalue weighted by atomic mass is 9.48. The molecule has 0 unspecified atom stereocenters. The molecule has 1 fully saturated rings. The molecule has 0 saturated heterocycles. The van der Waals surface area contributed by atoms with E-state index >= 15 is 0 Å². The molecular formula is C21H27NO3. The van der Waals surface area contributed by atoms with Crippen molar-refractivity contribution >= 4 is 11.9 Å². The first-order chi connectivity index (χ1) is 11.8. The van der Waals surface area contributed by atoms with Gasteiger partial charge in [-0.1, -0.05) is 25.5 Å². The van der Waals surface area contributed by atoms with E-state index in [1.165, 1.54) is 16.9 Å². The van der Waals surface area contributed by atoms with Gasteiger partial charge in [-0.3, -0.25) is 4.79 Å². The highest BCUT2D eigenvalue weighted by molar-refractivity contribution is 5.95. The van der Waals surface area contributed by atoms with Crippen LogP contribution in [0, 0.1) is 17.3 Å². The minimum atomic E-state index is -0.328. The van der Waals surface area contributed by atoms with Crippen LogP contribution in [0.4, 0.5) is 0 Å². The van der Waals surface area contributed by atoms with Crippen molar-refractivity contribution in [3.63, 3.8) is 0 Å². The maximum absolute atomic E-state index is 12.2. The number of amides is 1. The molecular weight excluding hydrogens is 314 g/mol. The van der Waals surface area contributed by atoms with Gasteiger partial charge in [-0.2, -0.15) is 0 Å². The zero-order chi connectivity index (χ0) is 18.2. The average Bonchev–Trinajstić information content (AvgIpc) is 2.61. The molecule has 4 heteroatoms. The first-order valence-corrected chi connectivity index (χ1v) is 8.98. The molecule has 0 heterocycles. The Hall–Kier alpha value is -2.10. The van der Waals surface area contributed by atoms with E-state index in [9.17, 15) is 9.59 Å². The van der Waals surface area contributed by atoms with Gasteiger partial charge in [-0.25, -0.2) is 4.79 Å². The Morgan fingerprint density at radius 3 is 2.36 bits per heavy atom. The largest absolute Gasteiger partial charge is 0.462 e. The molecule has 0 aliphatic heterocycles. The summed E-state index contributed by atoms with van der Waals surface area (Å²) < 4.78 is 5.44. The molecule has 0 spiro atoms. The number of carbonyl (C=O) groups is 2. The van der Waals surface area contributed by atoms with Crippen molar-refractivity contribution in [2.24, 2.45) is 17.3 Å². The lowest BCUT2D eigenvalue weighted by Gasteiger charge is -2.56. The van der Waals surface area contributed by atoms with Gasteiger partial charge in [0.1, 0.15) is 0 Å². The Bertz CT molecular complexity index is 700. The minimum Gasteiger partial charge on any atom is -0.462 e. The summed E-state index contributed by atoms with van der Waals surface area (Å²) in [5.41, 5.74) is 2.91. The number of benzene rings is 1. The molecule has 1 aromatic rings. The Morgan fingerprint density at radius 2 is 1.80 bits per heavy atom. The van der Waals surface area contributed by atoms with E-state index in [0.717, 1.165) is 18.8 Å². The van der Waals surface area contributed by atoms with E-state index in [-0.39, 0.29) is 11.9 Å². The van der Waals surface area contributed by atoms with Crippen LogP contribution in [-0.4, -0.2) is 37.5 Å². The highest BCUT2D eigenvalue weighted by Gasteiger charge is 2.50. The molecule has 134 valence electrons. The number of carbonyl (C=O) groups excluding carboxylic acids is 2. The lowest BCUT2D eigenvalue weighted by Crippen LogP contribution is -2.48. The Labute approximate surface area is 149 Å². The molecule has 0 aromatic heterocycles. The van der Waals surface area contributed by atoms with Gasteiger partial charge in [0.05, 0.1) is 12.2 Å². The maximum Gasteiger partial charge on any atom is 0.338 e. The monoisotopic (exact) mass is 341 g/mol. The van der Waals surface area contributed by atoms with Crippen molar-refractivity contribution in [1.29, 1.82) is 0 Å². The first kappa shape index (κ1) is 17.7. The fourth-order valence-corrected chi connectivity index (χ4v) is 4.11. The van der Waals surface area contributed by atoms with Crippen molar-refractivity contribution in [3.8, 4) is 0 Å².